The van der Waals surface area contributed by atoms with Crippen LogP contribution in [0.25, 0.3) is 11.1 Å². The number of pyridine rings is 1. The summed E-state index contributed by atoms with van der Waals surface area (Å²) in [6, 6.07) is 3.75. The number of halogens is 1. The fourth-order valence-electron chi connectivity index (χ4n) is 5.86. The van der Waals surface area contributed by atoms with E-state index in [0.717, 1.165) is 48.1 Å². The van der Waals surface area contributed by atoms with Crippen molar-refractivity contribution in [2.45, 2.75) is 44.1 Å². The van der Waals surface area contributed by atoms with Crippen LogP contribution in [0.15, 0.2) is 30.7 Å². The molecule has 0 radical (unpaired) electrons. The van der Waals surface area contributed by atoms with E-state index in [0.29, 0.717) is 10.7 Å². The molecule has 0 atom stereocenters. The van der Waals surface area contributed by atoms with Crippen molar-refractivity contribution < 1.29 is 4.79 Å². The first kappa shape index (κ1) is 15.4. The van der Waals surface area contributed by atoms with Crippen LogP contribution in [0.3, 0.4) is 0 Å². The van der Waals surface area contributed by atoms with Gasteiger partial charge >= 0.3 is 0 Å². The summed E-state index contributed by atoms with van der Waals surface area (Å²) < 4.78 is 0. The summed E-state index contributed by atoms with van der Waals surface area (Å²) in [5, 5.41) is 4.00. The molecule has 2 aromatic rings. The van der Waals surface area contributed by atoms with E-state index in [1.165, 1.54) is 19.3 Å². The zero-order chi connectivity index (χ0) is 17.0. The van der Waals surface area contributed by atoms with Gasteiger partial charge in [-0.15, -0.1) is 0 Å². The smallest absolute Gasteiger partial charge is 0.268 e. The van der Waals surface area contributed by atoms with Gasteiger partial charge in [0.25, 0.3) is 5.91 Å². The van der Waals surface area contributed by atoms with Crippen molar-refractivity contribution in [2.24, 2.45) is 17.8 Å². The Kier molecular flexibility index (Phi) is 3.46. The molecule has 0 aromatic carbocycles. The molecule has 1 amide bonds. The number of amides is 1. The molecule has 2 N–H and O–H groups in total. The molecule has 4 saturated carbocycles. The Morgan fingerprint density at radius 1 is 1.20 bits per heavy atom. The maximum Gasteiger partial charge on any atom is 0.268 e. The molecule has 0 spiro atoms. The van der Waals surface area contributed by atoms with Crippen molar-refractivity contribution in [1.82, 2.24) is 15.3 Å². The zero-order valence-electron chi connectivity index (χ0n) is 14.1. The average molecular weight is 356 g/mol. The van der Waals surface area contributed by atoms with E-state index in [1.807, 2.05) is 18.3 Å². The minimum Gasteiger partial charge on any atom is -0.357 e. The first-order valence-electron chi connectivity index (χ1n) is 9.21. The summed E-state index contributed by atoms with van der Waals surface area (Å²) in [7, 11) is 0. The van der Waals surface area contributed by atoms with Crippen molar-refractivity contribution >= 4 is 17.5 Å². The maximum absolute atomic E-state index is 12.9. The van der Waals surface area contributed by atoms with Crippen LogP contribution in [0.1, 0.15) is 49.0 Å². The van der Waals surface area contributed by atoms with Crippen molar-refractivity contribution in [3.8, 4) is 11.1 Å². The first-order valence-corrected chi connectivity index (χ1v) is 9.59. The van der Waals surface area contributed by atoms with Gasteiger partial charge in [0.05, 0.1) is 5.02 Å². The Morgan fingerprint density at radius 3 is 2.52 bits per heavy atom. The number of hydrogen-bond donors (Lipinski definition) is 2. The van der Waals surface area contributed by atoms with E-state index in [-0.39, 0.29) is 11.4 Å². The predicted octanol–water partition coefficient (Wildman–Crippen LogP) is 4.43. The van der Waals surface area contributed by atoms with E-state index in [9.17, 15) is 4.79 Å². The third kappa shape index (κ3) is 2.67. The molecule has 0 aliphatic heterocycles. The summed E-state index contributed by atoms with van der Waals surface area (Å²) in [5.41, 5.74) is 2.45. The summed E-state index contributed by atoms with van der Waals surface area (Å²) in [4.78, 5) is 20.0. The molecule has 2 aromatic heterocycles. The lowest BCUT2D eigenvalue weighted by Crippen LogP contribution is -2.59. The van der Waals surface area contributed by atoms with Crippen LogP contribution in [0.2, 0.25) is 5.02 Å². The van der Waals surface area contributed by atoms with Gasteiger partial charge in [0.15, 0.2) is 0 Å². The average Bonchev–Trinajstić information content (AvgIpc) is 3.03. The fraction of sp³-hybridized carbons (Fsp3) is 0.500. The number of H-pyrrole nitrogens is 1. The molecular weight excluding hydrogens is 334 g/mol. The largest absolute Gasteiger partial charge is 0.357 e. The van der Waals surface area contributed by atoms with E-state index in [2.05, 4.69) is 15.3 Å². The van der Waals surface area contributed by atoms with Gasteiger partial charge in [0.2, 0.25) is 0 Å². The van der Waals surface area contributed by atoms with Crippen LogP contribution in [-0.4, -0.2) is 21.4 Å². The minimum absolute atomic E-state index is 0.0124. The normalized spacial score (nSPS) is 32.8. The highest BCUT2D eigenvalue weighted by atomic mass is 35.5. The molecular formula is C20H22ClN3O. The topological polar surface area (TPSA) is 57.8 Å². The predicted molar refractivity (Wildman–Crippen MR) is 97.4 cm³/mol. The fourth-order valence-corrected chi connectivity index (χ4v) is 6.09. The Morgan fingerprint density at radius 2 is 1.88 bits per heavy atom. The highest BCUT2D eigenvalue weighted by Gasteiger charge is 2.51. The second-order valence-electron chi connectivity index (χ2n) is 8.31. The number of carbonyl (C=O) groups excluding carboxylic acids is 1. The molecule has 2 heterocycles. The minimum atomic E-state index is 0.0124. The third-order valence-corrected chi connectivity index (χ3v) is 6.73. The summed E-state index contributed by atoms with van der Waals surface area (Å²) >= 11 is 6.22. The van der Waals surface area contributed by atoms with E-state index in [1.54, 1.807) is 12.4 Å². The highest BCUT2D eigenvalue weighted by molar-refractivity contribution is 6.33. The molecule has 5 heteroatoms. The summed E-state index contributed by atoms with van der Waals surface area (Å²) in [5.74, 6) is 2.47. The third-order valence-electron chi connectivity index (χ3n) is 6.43. The van der Waals surface area contributed by atoms with Crippen molar-refractivity contribution in [3.63, 3.8) is 0 Å². The van der Waals surface area contributed by atoms with Crippen LogP contribution in [0.4, 0.5) is 0 Å². The number of nitrogens with one attached hydrogen (secondary N) is 2. The van der Waals surface area contributed by atoms with Gasteiger partial charge in [-0.25, -0.2) is 0 Å². The summed E-state index contributed by atoms with van der Waals surface area (Å²) in [6.45, 7) is 0. The number of rotatable bonds is 3. The molecule has 4 nitrogen and oxygen atoms in total. The lowest BCUT2D eigenvalue weighted by atomic mass is 9.53. The van der Waals surface area contributed by atoms with Crippen molar-refractivity contribution in [3.05, 3.63) is 41.4 Å². The quantitative estimate of drug-likeness (QED) is 0.855. The van der Waals surface area contributed by atoms with Gasteiger partial charge in [-0.1, -0.05) is 11.6 Å². The monoisotopic (exact) mass is 355 g/mol. The highest BCUT2D eigenvalue weighted by Crippen LogP contribution is 2.55. The SMILES string of the molecule is O=C(NC12CC3CC(CC(C3)C1)C2)c1cc(-c2ccncc2Cl)c[nH]1. The standard InChI is InChI=1S/C20H22ClN3O/c21-17-11-22-2-1-16(17)15-6-18(23-10-15)19(25)24-20-7-12-3-13(8-20)5-14(4-12)9-20/h1-2,6,10-14,23H,3-5,7-9H2,(H,24,25). The van der Waals surface area contributed by atoms with Gasteiger partial charge in [-0.05, 0) is 68.4 Å². The Hall–Kier alpha value is -1.81. The molecule has 0 saturated heterocycles. The molecule has 130 valence electrons. The van der Waals surface area contributed by atoms with E-state index >= 15 is 0 Å². The maximum atomic E-state index is 12.9. The molecule has 4 bridgehead atoms. The Bertz CT molecular complexity index is 793. The van der Waals surface area contributed by atoms with Gasteiger partial charge in [-0.3, -0.25) is 9.78 Å². The van der Waals surface area contributed by atoms with Crippen LogP contribution in [0.5, 0.6) is 0 Å². The van der Waals surface area contributed by atoms with Crippen LogP contribution >= 0.6 is 11.6 Å². The van der Waals surface area contributed by atoms with Gasteiger partial charge in [-0.2, -0.15) is 0 Å². The molecule has 4 aliphatic rings. The van der Waals surface area contributed by atoms with Gasteiger partial charge in [0.1, 0.15) is 5.69 Å². The number of carbonyl (C=O) groups is 1. The van der Waals surface area contributed by atoms with Crippen molar-refractivity contribution in [2.75, 3.05) is 0 Å². The molecule has 4 aliphatic carbocycles. The Balaban J connectivity index is 1.36. The molecule has 25 heavy (non-hydrogen) atoms. The number of aromatic amines is 1. The number of aromatic nitrogens is 2. The zero-order valence-corrected chi connectivity index (χ0v) is 14.9. The lowest BCUT2D eigenvalue weighted by molar-refractivity contribution is -0.0167. The summed E-state index contributed by atoms with van der Waals surface area (Å²) in [6.07, 6.45) is 12.8. The van der Waals surface area contributed by atoms with Crippen LogP contribution in [-0.2, 0) is 0 Å². The first-order chi connectivity index (χ1) is 12.1. The lowest BCUT2D eigenvalue weighted by Gasteiger charge is -2.56. The number of hydrogen-bond acceptors (Lipinski definition) is 2. The van der Waals surface area contributed by atoms with Crippen LogP contribution in [0, 0.1) is 17.8 Å². The Labute approximate surface area is 152 Å². The van der Waals surface area contributed by atoms with Crippen LogP contribution < -0.4 is 5.32 Å². The van der Waals surface area contributed by atoms with Gasteiger partial charge < -0.3 is 10.3 Å². The second kappa shape index (κ2) is 5.60. The molecule has 4 fully saturated rings. The van der Waals surface area contributed by atoms with E-state index < -0.39 is 0 Å². The van der Waals surface area contributed by atoms with E-state index in [4.69, 9.17) is 11.6 Å². The molecule has 0 unspecified atom stereocenters. The number of nitrogens with zero attached hydrogens (tertiary/aromatic N) is 1. The van der Waals surface area contributed by atoms with Crippen molar-refractivity contribution in [1.29, 1.82) is 0 Å². The van der Waals surface area contributed by atoms with Gasteiger partial charge in [0, 0.05) is 35.3 Å². The molecule has 6 rings (SSSR count). The second-order valence-corrected chi connectivity index (χ2v) is 8.72.